The summed E-state index contributed by atoms with van der Waals surface area (Å²) in [7, 11) is 0. The van der Waals surface area contributed by atoms with Crippen LogP contribution in [0.1, 0.15) is 16.3 Å². The van der Waals surface area contributed by atoms with Gasteiger partial charge in [0.25, 0.3) is 0 Å². The summed E-state index contributed by atoms with van der Waals surface area (Å²) >= 11 is 9.37. The van der Waals surface area contributed by atoms with Gasteiger partial charge in [-0.2, -0.15) is 0 Å². The average molecular weight is 355 g/mol. The van der Waals surface area contributed by atoms with E-state index in [4.69, 9.17) is 16.0 Å². The van der Waals surface area contributed by atoms with Gasteiger partial charge in [0, 0.05) is 17.0 Å². The van der Waals surface area contributed by atoms with Crippen LogP contribution in [0, 0.1) is 5.82 Å². The second-order valence-electron chi connectivity index (χ2n) is 4.41. The quantitative estimate of drug-likeness (QED) is 0.597. The molecule has 3 rings (SSSR count). The Kier molecular flexibility index (Phi) is 3.76. The Morgan fingerprint density at radius 3 is 2.85 bits per heavy atom. The van der Waals surface area contributed by atoms with Gasteiger partial charge >= 0.3 is 0 Å². The predicted octanol–water partition coefficient (Wildman–Crippen LogP) is 5.30. The van der Waals surface area contributed by atoms with E-state index in [1.54, 1.807) is 6.07 Å². The first kappa shape index (κ1) is 13.6. The molecule has 0 aliphatic carbocycles. The molecule has 1 aromatic heterocycles. The maximum absolute atomic E-state index is 13.8. The number of hydrogen-bond donors (Lipinski definition) is 0. The van der Waals surface area contributed by atoms with E-state index in [1.165, 1.54) is 12.1 Å². The lowest BCUT2D eigenvalue weighted by molar-refractivity contribution is 0.522. The van der Waals surface area contributed by atoms with Crippen LogP contribution >= 0.6 is 27.5 Å². The molecule has 0 N–H and O–H groups in total. The monoisotopic (exact) mass is 353 g/mol. The normalized spacial score (nSPS) is 12.8. The minimum absolute atomic E-state index is 0.241. The third-order valence-electron chi connectivity index (χ3n) is 2.99. The molecule has 5 heteroatoms. The third kappa shape index (κ3) is 2.72. The van der Waals surface area contributed by atoms with Crippen molar-refractivity contribution in [2.45, 2.75) is 11.2 Å². The molecule has 20 heavy (non-hydrogen) atoms. The van der Waals surface area contributed by atoms with Crippen LogP contribution in [0.5, 0.6) is 0 Å². The van der Waals surface area contributed by atoms with Crippen LogP contribution in [0.3, 0.4) is 0 Å². The summed E-state index contributed by atoms with van der Waals surface area (Å²) in [5.74, 6) is 0.264. The van der Waals surface area contributed by atoms with Gasteiger partial charge in [-0.15, -0.1) is 0 Å². The lowest BCUT2D eigenvalue weighted by Crippen LogP contribution is -1.99. The highest BCUT2D eigenvalue weighted by atomic mass is 79.9. The summed E-state index contributed by atoms with van der Waals surface area (Å²) in [5, 5.41) is 0.503. The fraction of sp³-hybridized carbons (Fsp3) is 0.133. The molecule has 102 valence electrons. The Balaban J connectivity index is 1.88. The average Bonchev–Trinajstić information content (AvgIpc) is 2.83. The van der Waals surface area contributed by atoms with Gasteiger partial charge in [0.05, 0.1) is 4.83 Å². The van der Waals surface area contributed by atoms with E-state index < -0.39 is 0 Å². The van der Waals surface area contributed by atoms with Gasteiger partial charge in [-0.1, -0.05) is 39.7 Å². The molecule has 2 aromatic carbocycles. The first-order valence-electron chi connectivity index (χ1n) is 6.07. The minimum atomic E-state index is -0.299. The summed E-state index contributed by atoms with van der Waals surface area (Å²) < 4.78 is 19.4. The molecule has 0 amide bonds. The number of fused-ring (bicyclic) bond motifs is 1. The first-order chi connectivity index (χ1) is 9.63. The van der Waals surface area contributed by atoms with Crippen LogP contribution in [0.2, 0.25) is 5.02 Å². The zero-order valence-electron chi connectivity index (χ0n) is 10.3. The summed E-state index contributed by atoms with van der Waals surface area (Å²) in [5.41, 5.74) is 2.03. The molecule has 0 aliphatic rings. The van der Waals surface area contributed by atoms with Crippen LogP contribution in [0.4, 0.5) is 4.39 Å². The second kappa shape index (κ2) is 5.54. The molecule has 1 unspecified atom stereocenters. The molecule has 0 spiro atoms. The van der Waals surface area contributed by atoms with Gasteiger partial charge < -0.3 is 4.42 Å². The number of aromatic nitrogens is 1. The molecule has 0 fully saturated rings. The van der Waals surface area contributed by atoms with Crippen LogP contribution in [-0.4, -0.2) is 4.98 Å². The van der Waals surface area contributed by atoms with Crippen molar-refractivity contribution in [2.24, 2.45) is 0 Å². The third-order valence-corrected chi connectivity index (χ3v) is 4.04. The number of halogens is 3. The summed E-state index contributed by atoms with van der Waals surface area (Å²) in [4.78, 5) is 4.14. The van der Waals surface area contributed by atoms with Crippen molar-refractivity contribution in [1.29, 1.82) is 0 Å². The van der Waals surface area contributed by atoms with Gasteiger partial charge in [0.15, 0.2) is 11.5 Å². The number of oxazole rings is 1. The van der Waals surface area contributed by atoms with Crippen molar-refractivity contribution in [3.05, 3.63) is 64.8 Å². The lowest BCUT2D eigenvalue weighted by Gasteiger charge is -2.09. The van der Waals surface area contributed by atoms with Crippen molar-refractivity contribution in [3.63, 3.8) is 0 Å². The molecule has 3 aromatic rings. The van der Waals surface area contributed by atoms with Gasteiger partial charge in [0.2, 0.25) is 0 Å². The molecule has 0 radical (unpaired) electrons. The fourth-order valence-corrected chi connectivity index (χ4v) is 2.83. The number of benzene rings is 2. The van der Waals surface area contributed by atoms with Crippen molar-refractivity contribution >= 4 is 38.6 Å². The summed E-state index contributed by atoms with van der Waals surface area (Å²) in [6.45, 7) is 0. The lowest BCUT2D eigenvalue weighted by atomic mass is 10.1. The number of alkyl halides is 1. The molecular weight excluding hydrogens is 345 g/mol. The highest BCUT2D eigenvalue weighted by molar-refractivity contribution is 9.09. The molecule has 0 aliphatic heterocycles. The van der Waals surface area contributed by atoms with Gasteiger partial charge in [-0.25, -0.2) is 9.37 Å². The molecule has 1 atom stereocenters. The van der Waals surface area contributed by atoms with Crippen molar-refractivity contribution in [3.8, 4) is 0 Å². The van der Waals surface area contributed by atoms with Crippen LogP contribution in [0.15, 0.2) is 46.9 Å². The van der Waals surface area contributed by atoms with Crippen molar-refractivity contribution < 1.29 is 8.81 Å². The maximum atomic E-state index is 13.8. The van der Waals surface area contributed by atoms with Crippen LogP contribution < -0.4 is 0 Å². The van der Waals surface area contributed by atoms with E-state index in [1.807, 2.05) is 24.3 Å². The Labute approximate surface area is 128 Å². The highest BCUT2D eigenvalue weighted by Gasteiger charge is 2.17. The van der Waals surface area contributed by atoms with Crippen LogP contribution in [-0.2, 0) is 6.42 Å². The minimum Gasteiger partial charge on any atom is -0.441 e. The summed E-state index contributed by atoms with van der Waals surface area (Å²) in [6, 6.07) is 12.0. The van der Waals surface area contributed by atoms with E-state index in [0.29, 0.717) is 22.9 Å². The molecule has 0 bridgehead atoms. The molecule has 1 heterocycles. The molecule has 2 nitrogen and oxygen atoms in total. The van der Waals surface area contributed by atoms with Gasteiger partial charge in [-0.3, -0.25) is 0 Å². The Bertz CT molecular complexity index is 725. The van der Waals surface area contributed by atoms with E-state index >= 15 is 0 Å². The summed E-state index contributed by atoms with van der Waals surface area (Å²) in [6.07, 6.45) is 0.450. The predicted molar refractivity (Wildman–Crippen MR) is 80.8 cm³/mol. The molecule has 0 saturated carbocycles. The first-order valence-corrected chi connectivity index (χ1v) is 7.36. The number of rotatable bonds is 3. The molecule has 0 saturated heterocycles. The van der Waals surface area contributed by atoms with Gasteiger partial charge in [-0.05, 0) is 30.3 Å². The number of hydrogen-bond acceptors (Lipinski definition) is 2. The zero-order valence-corrected chi connectivity index (χ0v) is 12.7. The smallest absolute Gasteiger partial charge is 0.196 e. The van der Waals surface area contributed by atoms with Crippen LogP contribution in [0.25, 0.3) is 11.1 Å². The van der Waals surface area contributed by atoms with E-state index in [0.717, 1.165) is 11.1 Å². The zero-order chi connectivity index (χ0) is 14.1. The van der Waals surface area contributed by atoms with E-state index in [9.17, 15) is 4.39 Å². The Morgan fingerprint density at radius 1 is 1.25 bits per heavy atom. The largest absolute Gasteiger partial charge is 0.441 e. The van der Waals surface area contributed by atoms with E-state index in [2.05, 4.69) is 20.9 Å². The highest BCUT2D eigenvalue weighted by Crippen LogP contribution is 2.31. The number of para-hydroxylation sites is 2. The standard InChI is InChI=1S/C15H10BrClFNO/c16-11(10-7-9(17)5-6-12(10)18)8-15-19-13-3-1-2-4-14(13)20-15/h1-7,11H,8H2. The SMILES string of the molecule is Fc1ccc(Cl)cc1C(Br)Cc1nc2ccccc2o1. The number of nitrogens with zero attached hydrogens (tertiary/aromatic N) is 1. The maximum Gasteiger partial charge on any atom is 0.196 e. The Hall–Kier alpha value is -1.39. The molecular formula is C15H10BrClFNO. The Morgan fingerprint density at radius 2 is 2.05 bits per heavy atom. The van der Waals surface area contributed by atoms with Crippen molar-refractivity contribution in [1.82, 2.24) is 4.98 Å². The fourth-order valence-electron chi connectivity index (χ4n) is 2.03. The van der Waals surface area contributed by atoms with Crippen molar-refractivity contribution in [2.75, 3.05) is 0 Å². The van der Waals surface area contributed by atoms with Gasteiger partial charge in [0.1, 0.15) is 11.3 Å². The topological polar surface area (TPSA) is 26.0 Å². The second-order valence-corrected chi connectivity index (χ2v) is 5.95. The van der Waals surface area contributed by atoms with E-state index in [-0.39, 0.29) is 10.6 Å².